The lowest BCUT2D eigenvalue weighted by atomic mass is 10.2. The Kier molecular flexibility index (Phi) is 3.94. The van der Waals surface area contributed by atoms with Crippen LogP contribution in [-0.2, 0) is 7.05 Å². The molecule has 5 rings (SSSR count). The lowest BCUT2D eigenvalue weighted by molar-refractivity contribution is 0.767. The van der Waals surface area contributed by atoms with Gasteiger partial charge in [0, 0.05) is 48.0 Å². The molecule has 8 nitrogen and oxygen atoms in total. The molecule has 5 aromatic rings. The molecule has 1 N–H and O–H groups in total. The first kappa shape index (κ1) is 16.7. The van der Waals surface area contributed by atoms with E-state index in [0.717, 1.165) is 32.7 Å². The minimum Gasteiger partial charge on any atom is -0.388 e. The van der Waals surface area contributed by atoms with Crippen molar-refractivity contribution in [3.63, 3.8) is 0 Å². The van der Waals surface area contributed by atoms with Gasteiger partial charge >= 0.3 is 0 Å². The summed E-state index contributed by atoms with van der Waals surface area (Å²) < 4.78 is 3.52. The van der Waals surface area contributed by atoms with E-state index in [1.165, 1.54) is 11.8 Å². The minimum absolute atomic E-state index is 0.702. The number of nitrogens with zero attached hydrogens (tertiary/aromatic N) is 7. The molecule has 0 saturated carbocycles. The van der Waals surface area contributed by atoms with Crippen LogP contribution >= 0.6 is 11.8 Å². The van der Waals surface area contributed by atoms with Gasteiger partial charge in [0.15, 0.2) is 5.65 Å². The number of benzene rings is 1. The Morgan fingerprint density at radius 3 is 2.82 bits per heavy atom. The van der Waals surface area contributed by atoms with Crippen molar-refractivity contribution < 1.29 is 0 Å². The Morgan fingerprint density at radius 2 is 2.00 bits per heavy atom. The minimum atomic E-state index is 0.702. The summed E-state index contributed by atoms with van der Waals surface area (Å²) in [5.41, 5.74) is 4.45. The fourth-order valence-electron chi connectivity index (χ4n) is 3.05. The quantitative estimate of drug-likeness (QED) is 0.506. The van der Waals surface area contributed by atoms with Crippen LogP contribution in [0.2, 0.25) is 0 Å². The van der Waals surface area contributed by atoms with Crippen LogP contribution in [0, 0.1) is 0 Å². The van der Waals surface area contributed by atoms with E-state index in [2.05, 4.69) is 31.7 Å². The number of pyridine rings is 1. The molecule has 0 bridgehead atoms. The summed E-state index contributed by atoms with van der Waals surface area (Å²) in [4.78, 5) is 5.46. The van der Waals surface area contributed by atoms with E-state index < -0.39 is 0 Å². The summed E-state index contributed by atoms with van der Waals surface area (Å²) in [5.74, 6) is 0. The van der Waals surface area contributed by atoms with Crippen molar-refractivity contribution in [2.24, 2.45) is 7.05 Å². The lowest BCUT2D eigenvalue weighted by Crippen LogP contribution is -1.96. The fraction of sp³-hybridized carbons (Fsp3) is 0.105. The molecule has 0 saturated heterocycles. The maximum atomic E-state index is 4.70. The molecular formula is C19H16N8S. The smallest absolute Gasteiger partial charge is 0.217 e. The van der Waals surface area contributed by atoms with Crippen molar-refractivity contribution >= 4 is 34.0 Å². The second kappa shape index (κ2) is 6.61. The van der Waals surface area contributed by atoms with E-state index in [4.69, 9.17) is 5.10 Å². The molecule has 9 heteroatoms. The molecule has 0 atom stereocenters. The van der Waals surface area contributed by atoms with Gasteiger partial charge in [-0.25, -0.2) is 0 Å². The Morgan fingerprint density at radius 1 is 1.07 bits per heavy atom. The highest BCUT2D eigenvalue weighted by Crippen LogP contribution is 2.31. The number of rotatable bonds is 4. The highest BCUT2D eigenvalue weighted by Gasteiger charge is 2.12. The average molecular weight is 388 g/mol. The first-order valence-electron chi connectivity index (χ1n) is 8.67. The molecule has 1 aromatic carbocycles. The summed E-state index contributed by atoms with van der Waals surface area (Å²) in [5, 5.41) is 22.4. The van der Waals surface area contributed by atoms with Gasteiger partial charge in [-0.3, -0.25) is 9.67 Å². The Labute approximate surface area is 164 Å². The summed E-state index contributed by atoms with van der Waals surface area (Å²) >= 11 is 1.52. The van der Waals surface area contributed by atoms with Crippen molar-refractivity contribution in [1.82, 2.24) is 34.6 Å². The SMILES string of the molecule is CNc1ccnc2ccc(Sc3nnc4ccc(-c5cnn(C)c5)nn34)cc12. The molecule has 0 radical (unpaired) electrons. The maximum Gasteiger partial charge on any atom is 0.217 e. The van der Waals surface area contributed by atoms with Crippen LogP contribution in [0.1, 0.15) is 0 Å². The van der Waals surface area contributed by atoms with E-state index in [9.17, 15) is 0 Å². The number of hydrogen-bond acceptors (Lipinski definition) is 7. The van der Waals surface area contributed by atoms with Crippen molar-refractivity contribution in [2.45, 2.75) is 10.1 Å². The highest BCUT2D eigenvalue weighted by atomic mass is 32.2. The van der Waals surface area contributed by atoms with Crippen molar-refractivity contribution in [3.05, 3.63) is 55.0 Å². The first-order chi connectivity index (χ1) is 13.7. The van der Waals surface area contributed by atoms with Gasteiger partial charge < -0.3 is 5.32 Å². The number of hydrogen-bond donors (Lipinski definition) is 1. The predicted molar refractivity (Wildman–Crippen MR) is 108 cm³/mol. The number of aryl methyl sites for hydroxylation is 1. The number of aromatic nitrogens is 7. The summed E-state index contributed by atoms with van der Waals surface area (Å²) in [6.45, 7) is 0. The highest BCUT2D eigenvalue weighted by molar-refractivity contribution is 7.99. The van der Waals surface area contributed by atoms with Crippen LogP contribution in [0.5, 0.6) is 0 Å². The Hall–Kier alpha value is -3.46. The average Bonchev–Trinajstić information content (AvgIpc) is 3.33. The van der Waals surface area contributed by atoms with Gasteiger partial charge in [0.1, 0.15) is 0 Å². The van der Waals surface area contributed by atoms with Crippen LogP contribution in [0.3, 0.4) is 0 Å². The Bertz CT molecular complexity index is 1310. The zero-order chi connectivity index (χ0) is 19.1. The van der Waals surface area contributed by atoms with Gasteiger partial charge in [0.2, 0.25) is 5.16 Å². The van der Waals surface area contributed by atoms with Gasteiger partial charge in [0.05, 0.1) is 17.4 Å². The van der Waals surface area contributed by atoms with Crippen LogP contribution in [0.25, 0.3) is 27.8 Å². The number of anilines is 1. The molecule has 0 aliphatic carbocycles. The summed E-state index contributed by atoms with van der Waals surface area (Å²) in [6, 6.07) is 11.9. The topological polar surface area (TPSA) is 85.8 Å². The van der Waals surface area contributed by atoms with Crippen LogP contribution < -0.4 is 5.32 Å². The van der Waals surface area contributed by atoms with Gasteiger partial charge in [-0.2, -0.15) is 14.7 Å². The standard InChI is InChI=1S/C19H16N8S/c1-20-16-7-8-21-17-4-3-13(9-14(16)17)28-19-24-23-18-6-5-15(25-27(18)19)12-10-22-26(2)11-12/h3-11H,1-2H3,(H,20,21). The molecule has 4 heterocycles. The predicted octanol–water partition coefficient (Wildman–Crippen LogP) is 3.27. The van der Waals surface area contributed by atoms with Crippen molar-refractivity contribution in [3.8, 4) is 11.3 Å². The van der Waals surface area contributed by atoms with E-state index in [1.807, 2.05) is 50.6 Å². The summed E-state index contributed by atoms with van der Waals surface area (Å²) in [7, 11) is 3.79. The Balaban J connectivity index is 1.55. The van der Waals surface area contributed by atoms with Gasteiger partial charge in [-0.15, -0.1) is 10.2 Å². The normalized spacial score (nSPS) is 11.4. The third-order valence-electron chi connectivity index (χ3n) is 4.43. The number of nitrogens with one attached hydrogen (secondary N) is 1. The third-order valence-corrected chi connectivity index (χ3v) is 5.35. The molecule has 0 aliphatic rings. The molecule has 138 valence electrons. The zero-order valence-electron chi connectivity index (χ0n) is 15.2. The molecule has 4 aromatic heterocycles. The molecule has 0 spiro atoms. The molecule has 0 amide bonds. The van der Waals surface area contributed by atoms with Crippen LogP contribution in [-0.4, -0.2) is 41.6 Å². The van der Waals surface area contributed by atoms with Gasteiger partial charge in [-0.05, 0) is 48.2 Å². The monoisotopic (exact) mass is 388 g/mol. The van der Waals surface area contributed by atoms with E-state index in [-0.39, 0.29) is 0 Å². The van der Waals surface area contributed by atoms with Crippen molar-refractivity contribution in [1.29, 1.82) is 0 Å². The third kappa shape index (κ3) is 2.85. The molecule has 28 heavy (non-hydrogen) atoms. The van der Waals surface area contributed by atoms with Gasteiger partial charge in [0.25, 0.3) is 0 Å². The lowest BCUT2D eigenvalue weighted by Gasteiger charge is -2.07. The van der Waals surface area contributed by atoms with E-state index in [0.29, 0.717) is 10.8 Å². The molecular weight excluding hydrogens is 372 g/mol. The molecule has 0 aliphatic heterocycles. The van der Waals surface area contributed by atoms with E-state index >= 15 is 0 Å². The second-order valence-corrected chi connectivity index (χ2v) is 7.30. The largest absolute Gasteiger partial charge is 0.388 e. The van der Waals surface area contributed by atoms with Crippen LogP contribution in [0.15, 0.2) is 65.0 Å². The van der Waals surface area contributed by atoms with Gasteiger partial charge in [-0.1, -0.05) is 0 Å². The first-order valence-corrected chi connectivity index (χ1v) is 9.49. The van der Waals surface area contributed by atoms with E-state index in [1.54, 1.807) is 21.6 Å². The zero-order valence-corrected chi connectivity index (χ0v) is 16.1. The molecule has 0 fully saturated rings. The fourth-order valence-corrected chi connectivity index (χ4v) is 3.88. The second-order valence-electron chi connectivity index (χ2n) is 6.26. The summed E-state index contributed by atoms with van der Waals surface area (Å²) in [6.07, 6.45) is 5.53. The maximum absolute atomic E-state index is 4.70. The van der Waals surface area contributed by atoms with Crippen molar-refractivity contribution in [2.75, 3.05) is 12.4 Å². The van der Waals surface area contributed by atoms with Crippen LogP contribution in [0.4, 0.5) is 5.69 Å². The number of fused-ring (bicyclic) bond motifs is 2. The molecule has 0 unspecified atom stereocenters.